The van der Waals surface area contributed by atoms with Gasteiger partial charge < -0.3 is 24.4 Å². The molecule has 2 aromatic rings. The molecule has 5 nitrogen and oxygen atoms in total. The second-order valence-corrected chi connectivity index (χ2v) is 11.7. The first-order valence-electron chi connectivity index (χ1n) is 10.2. The van der Waals surface area contributed by atoms with Crippen molar-refractivity contribution < 1.29 is 24.4 Å². The van der Waals surface area contributed by atoms with Crippen LogP contribution in [0.15, 0.2) is 42.2 Å². The summed E-state index contributed by atoms with van der Waals surface area (Å²) in [5.41, 5.74) is 1.68. The van der Waals surface area contributed by atoms with Gasteiger partial charge in [-0.05, 0) is 99.1 Å². The second-order valence-electron chi connectivity index (χ2n) is 7.97. The van der Waals surface area contributed by atoms with Crippen molar-refractivity contribution in [3.05, 3.63) is 53.3 Å². The van der Waals surface area contributed by atoms with Gasteiger partial charge in [-0.3, -0.25) is 0 Å². The van der Waals surface area contributed by atoms with Crippen LogP contribution in [0.4, 0.5) is 0 Å². The Bertz CT molecular complexity index is 979. The van der Waals surface area contributed by atoms with Crippen LogP contribution in [0, 0.1) is 12.3 Å². The van der Waals surface area contributed by atoms with Crippen LogP contribution in [0.3, 0.4) is 0 Å². The first-order valence-corrected chi connectivity index (χ1v) is 13.9. The highest BCUT2D eigenvalue weighted by Crippen LogP contribution is 2.44. The van der Waals surface area contributed by atoms with Gasteiger partial charge in [0.05, 0.1) is 30.4 Å². The van der Waals surface area contributed by atoms with E-state index in [1.54, 1.807) is 0 Å². The fraction of sp³-hybridized carbons (Fsp3) is 0.417. The van der Waals surface area contributed by atoms with Crippen molar-refractivity contribution in [2.75, 3.05) is 32.3 Å². The van der Waals surface area contributed by atoms with E-state index in [1.165, 1.54) is 0 Å². The molecule has 34 heavy (non-hydrogen) atoms. The van der Waals surface area contributed by atoms with E-state index in [2.05, 4.69) is 83.5 Å². The topological polar surface area (TPSA) is 68.2 Å². The quantitative estimate of drug-likeness (QED) is 0.149. The van der Waals surface area contributed by atoms with Gasteiger partial charge in [-0.1, -0.05) is 19.8 Å². The molecule has 0 aliphatic heterocycles. The Hall–Kier alpha value is -0.310. The number of alkyl halides is 1. The van der Waals surface area contributed by atoms with Crippen LogP contribution in [0.5, 0.6) is 11.5 Å². The number of rotatable bonds is 12. The van der Waals surface area contributed by atoms with Crippen LogP contribution < -0.4 is 9.47 Å². The first kappa shape index (κ1) is 29.9. The van der Waals surface area contributed by atoms with E-state index in [1.807, 2.05) is 24.3 Å². The van der Waals surface area contributed by atoms with Gasteiger partial charge in [-0.25, -0.2) is 0 Å². The molecule has 10 heteroatoms. The van der Waals surface area contributed by atoms with Crippen molar-refractivity contribution >= 4 is 75.3 Å². The molecule has 2 atom stereocenters. The van der Waals surface area contributed by atoms with E-state index in [0.29, 0.717) is 11.5 Å². The van der Waals surface area contributed by atoms with E-state index in [9.17, 15) is 10.2 Å². The summed E-state index contributed by atoms with van der Waals surface area (Å²) in [5, 5.41) is 19.7. The second kappa shape index (κ2) is 13.8. The average molecular weight is 749 g/mol. The number of hydrogen-bond acceptors (Lipinski definition) is 5. The van der Waals surface area contributed by atoms with E-state index in [-0.39, 0.29) is 37.7 Å². The molecule has 0 radical (unpaired) electrons. The molecular formula is C24H25Br4ClO5. The molecule has 0 aliphatic carbocycles. The van der Waals surface area contributed by atoms with Crippen molar-refractivity contribution in [3.63, 3.8) is 0 Å². The van der Waals surface area contributed by atoms with Crippen LogP contribution in [-0.4, -0.2) is 54.7 Å². The molecule has 0 saturated carbocycles. The van der Waals surface area contributed by atoms with Crippen LogP contribution >= 0.6 is 75.3 Å². The summed E-state index contributed by atoms with van der Waals surface area (Å²) in [4.78, 5) is 0. The molecule has 0 fully saturated rings. The van der Waals surface area contributed by atoms with Crippen molar-refractivity contribution in [2.45, 2.75) is 31.5 Å². The molecule has 0 aromatic heterocycles. The lowest BCUT2D eigenvalue weighted by atomic mass is 9.78. The van der Waals surface area contributed by atoms with E-state index < -0.39 is 12.2 Å². The Morgan fingerprint density at radius 1 is 0.853 bits per heavy atom. The number of ether oxygens (including phenoxy) is 3. The molecule has 2 aromatic carbocycles. The number of aliphatic hydroxyl groups excluding tert-OH is 2. The summed E-state index contributed by atoms with van der Waals surface area (Å²) >= 11 is 20.0. The van der Waals surface area contributed by atoms with Crippen LogP contribution in [0.1, 0.15) is 25.0 Å². The molecule has 0 heterocycles. The minimum atomic E-state index is -0.802. The lowest BCUT2D eigenvalue weighted by Crippen LogP contribution is -2.24. The third-order valence-corrected chi connectivity index (χ3v) is 7.67. The van der Waals surface area contributed by atoms with Gasteiger partial charge in [0.1, 0.15) is 43.5 Å². The van der Waals surface area contributed by atoms with Gasteiger partial charge in [-0.2, -0.15) is 0 Å². The lowest BCUT2D eigenvalue weighted by Gasteiger charge is -2.28. The molecule has 0 bridgehead atoms. The fourth-order valence-electron chi connectivity index (χ4n) is 2.99. The Morgan fingerprint density at radius 3 is 1.65 bits per heavy atom. The van der Waals surface area contributed by atoms with Crippen molar-refractivity contribution in [2.24, 2.45) is 0 Å². The number of aliphatic hydroxyl groups is 2. The van der Waals surface area contributed by atoms with Crippen molar-refractivity contribution in [1.29, 1.82) is 0 Å². The summed E-state index contributed by atoms with van der Waals surface area (Å²) in [6.45, 7) is 4.61. The molecule has 2 N–H and O–H groups in total. The number of terminal acetylenes is 1. The summed E-state index contributed by atoms with van der Waals surface area (Å²) in [5.74, 6) is 3.63. The lowest BCUT2D eigenvalue weighted by molar-refractivity contribution is 0.0225. The number of benzene rings is 2. The summed E-state index contributed by atoms with van der Waals surface area (Å²) in [6.07, 6.45) is 3.59. The average Bonchev–Trinajstić information content (AvgIpc) is 2.77. The highest BCUT2D eigenvalue weighted by Gasteiger charge is 2.27. The molecular weight excluding hydrogens is 723 g/mol. The van der Waals surface area contributed by atoms with Crippen molar-refractivity contribution in [3.8, 4) is 23.8 Å². The normalized spacial score (nSPS) is 13.3. The van der Waals surface area contributed by atoms with Crippen LogP contribution in [0.25, 0.3) is 0 Å². The van der Waals surface area contributed by atoms with Gasteiger partial charge in [0, 0.05) is 5.41 Å². The zero-order chi connectivity index (χ0) is 25.5. The Morgan fingerprint density at radius 2 is 1.26 bits per heavy atom. The first-order chi connectivity index (χ1) is 16.0. The zero-order valence-electron chi connectivity index (χ0n) is 18.6. The van der Waals surface area contributed by atoms with Gasteiger partial charge in [0.15, 0.2) is 0 Å². The monoisotopic (exact) mass is 744 g/mol. The highest BCUT2D eigenvalue weighted by atomic mass is 79.9. The molecule has 0 aliphatic rings. The Balaban J connectivity index is 2.24. The van der Waals surface area contributed by atoms with Gasteiger partial charge in [0.25, 0.3) is 0 Å². The molecule has 0 saturated heterocycles. The van der Waals surface area contributed by atoms with Gasteiger partial charge in [-0.15, -0.1) is 18.0 Å². The SMILES string of the molecule is C#CCOC[C@@H](O)COc1c(Br)cc(C(C)(C)c2cc(Br)c(OC[C@H](O)CCl)c(Br)c2)cc1Br. The third-order valence-electron chi connectivity index (χ3n) is 4.95. The van der Waals surface area contributed by atoms with Crippen LogP contribution in [-0.2, 0) is 10.2 Å². The highest BCUT2D eigenvalue weighted by molar-refractivity contribution is 9.11. The molecule has 186 valence electrons. The standard InChI is InChI=1S/C24H25Br4ClO5/c1-4-5-32-11-17(31)13-34-23-20(27)8-15(9-21(23)28)24(2,3)14-6-18(25)22(19(26)7-14)33-12-16(30)10-29/h1,6-9,16-17,30-31H,5,10-13H2,2-3H3/t16-,17-/m1/s1. The van der Waals surface area contributed by atoms with E-state index in [0.717, 1.165) is 29.0 Å². The predicted molar refractivity (Wildman–Crippen MR) is 149 cm³/mol. The van der Waals surface area contributed by atoms with Crippen molar-refractivity contribution in [1.82, 2.24) is 0 Å². The Labute approximate surface area is 239 Å². The van der Waals surface area contributed by atoms with E-state index >= 15 is 0 Å². The summed E-state index contributed by atoms with van der Waals surface area (Å²) < 4.78 is 19.7. The molecule has 0 spiro atoms. The zero-order valence-corrected chi connectivity index (χ0v) is 25.7. The molecule has 0 amide bonds. The molecule has 2 rings (SSSR count). The minimum absolute atomic E-state index is 0.0598. The maximum Gasteiger partial charge on any atom is 0.147 e. The summed E-state index contributed by atoms with van der Waals surface area (Å²) in [6, 6.07) is 7.96. The third kappa shape index (κ3) is 8.10. The smallest absolute Gasteiger partial charge is 0.147 e. The van der Waals surface area contributed by atoms with Crippen LogP contribution in [0.2, 0.25) is 0 Å². The number of halogens is 5. The predicted octanol–water partition coefficient (Wildman–Crippen LogP) is 6.43. The van der Waals surface area contributed by atoms with E-state index in [4.69, 9.17) is 32.2 Å². The van der Waals surface area contributed by atoms with Gasteiger partial charge in [0.2, 0.25) is 0 Å². The summed E-state index contributed by atoms with van der Waals surface area (Å²) in [7, 11) is 0. The number of hydrogen-bond donors (Lipinski definition) is 2. The Kier molecular flexibility index (Phi) is 12.2. The largest absolute Gasteiger partial charge is 0.488 e. The fourth-order valence-corrected chi connectivity index (χ4v) is 5.91. The molecule has 0 unspecified atom stereocenters. The maximum absolute atomic E-state index is 10.0. The van der Waals surface area contributed by atoms with Gasteiger partial charge >= 0.3 is 0 Å². The maximum atomic E-state index is 10.0. The minimum Gasteiger partial charge on any atom is -0.488 e.